The highest BCUT2D eigenvalue weighted by molar-refractivity contribution is 9.10. The van der Waals surface area contributed by atoms with Gasteiger partial charge in [-0.1, -0.05) is 22.0 Å². The minimum atomic E-state index is 0.609. The molecule has 0 spiro atoms. The predicted octanol–water partition coefficient (Wildman–Crippen LogP) is 3.28. The lowest BCUT2D eigenvalue weighted by molar-refractivity contribution is 0.112. The summed E-state index contributed by atoms with van der Waals surface area (Å²) in [5.74, 6) is 0.855. The maximum Gasteiger partial charge on any atom is 0.0589 e. The lowest BCUT2D eigenvalue weighted by Gasteiger charge is -2.29. The zero-order valence-electron chi connectivity index (χ0n) is 11.7. The fraction of sp³-hybridized carbons (Fsp3) is 0.600. The Morgan fingerprint density at radius 2 is 2.21 bits per heavy atom. The highest BCUT2D eigenvalue weighted by atomic mass is 79.9. The molecule has 1 atom stereocenters. The van der Waals surface area contributed by atoms with Gasteiger partial charge in [0.25, 0.3) is 0 Å². The monoisotopic (exact) mass is 326 g/mol. The average Bonchev–Trinajstić information content (AvgIpc) is 3.20. The van der Waals surface area contributed by atoms with Gasteiger partial charge in [0.1, 0.15) is 0 Å². The summed E-state index contributed by atoms with van der Waals surface area (Å²) in [4.78, 5) is 2.49. The number of benzene rings is 1. The Morgan fingerprint density at radius 1 is 1.47 bits per heavy atom. The van der Waals surface area contributed by atoms with Gasteiger partial charge in [0.15, 0.2) is 0 Å². The zero-order chi connectivity index (χ0) is 13.8. The SMILES string of the molecule is COCCN(Cc1ccc(Br)cc1N)C(C)C1CC1. The van der Waals surface area contributed by atoms with Crippen LogP contribution in [0.15, 0.2) is 22.7 Å². The van der Waals surface area contributed by atoms with E-state index in [1.807, 2.05) is 6.07 Å². The van der Waals surface area contributed by atoms with Gasteiger partial charge < -0.3 is 10.5 Å². The number of nitrogens with zero attached hydrogens (tertiary/aromatic N) is 1. The van der Waals surface area contributed by atoms with E-state index in [1.165, 1.54) is 18.4 Å². The Labute approximate surface area is 124 Å². The number of rotatable bonds is 7. The van der Waals surface area contributed by atoms with Gasteiger partial charge in [0.05, 0.1) is 6.61 Å². The summed E-state index contributed by atoms with van der Waals surface area (Å²) in [7, 11) is 1.76. The molecule has 106 valence electrons. The molecule has 2 rings (SSSR count). The first-order valence-electron chi connectivity index (χ1n) is 6.88. The van der Waals surface area contributed by atoms with Crippen LogP contribution in [0.1, 0.15) is 25.3 Å². The van der Waals surface area contributed by atoms with E-state index in [0.717, 1.165) is 35.8 Å². The molecule has 3 nitrogen and oxygen atoms in total. The van der Waals surface area contributed by atoms with E-state index in [-0.39, 0.29) is 0 Å². The number of hydrogen-bond acceptors (Lipinski definition) is 3. The summed E-state index contributed by atoms with van der Waals surface area (Å²) >= 11 is 3.45. The molecule has 4 heteroatoms. The second-order valence-corrected chi connectivity index (χ2v) is 6.30. The van der Waals surface area contributed by atoms with Gasteiger partial charge in [-0.3, -0.25) is 4.90 Å². The second-order valence-electron chi connectivity index (χ2n) is 5.38. The molecule has 0 amide bonds. The molecule has 0 heterocycles. The molecule has 0 radical (unpaired) electrons. The van der Waals surface area contributed by atoms with E-state index in [9.17, 15) is 0 Å². The van der Waals surface area contributed by atoms with E-state index >= 15 is 0 Å². The minimum Gasteiger partial charge on any atom is -0.398 e. The van der Waals surface area contributed by atoms with Crippen molar-refractivity contribution >= 4 is 21.6 Å². The summed E-state index contributed by atoms with van der Waals surface area (Å²) < 4.78 is 6.26. The Kier molecular flexibility index (Phi) is 5.25. The standard InChI is InChI=1S/C15H23BrN2O/c1-11(12-3-4-12)18(7-8-19-2)10-13-5-6-14(16)9-15(13)17/h5-6,9,11-12H,3-4,7-8,10,17H2,1-2H3. The third kappa shape index (κ3) is 4.20. The second kappa shape index (κ2) is 6.73. The van der Waals surface area contributed by atoms with Crippen LogP contribution in [0.4, 0.5) is 5.69 Å². The number of anilines is 1. The molecule has 2 N–H and O–H groups in total. The van der Waals surface area contributed by atoms with Crippen molar-refractivity contribution < 1.29 is 4.74 Å². The zero-order valence-corrected chi connectivity index (χ0v) is 13.3. The maximum absolute atomic E-state index is 6.10. The molecule has 1 aliphatic rings. The number of nitrogen functional groups attached to an aromatic ring is 1. The van der Waals surface area contributed by atoms with Crippen LogP contribution < -0.4 is 5.73 Å². The molecule has 0 aliphatic heterocycles. The molecule has 19 heavy (non-hydrogen) atoms. The predicted molar refractivity (Wildman–Crippen MR) is 83.0 cm³/mol. The summed E-state index contributed by atoms with van der Waals surface area (Å²) in [6, 6.07) is 6.75. The third-order valence-electron chi connectivity index (χ3n) is 3.94. The van der Waals surface area contributed by atoms with E-state index in [2.05, 4.69) is 39.9 Å². The van der Waals surface area contributed by atoms with E-state index in [0.29, 0.717) is 6.04 Å². The lowest BCUT2D eigenvalue weighted by Crippen LogP contribution is -2.36. The molecule has 0 bridgehead atoms. The van der Waals surface area contributed by atoms with Crippen molar-refractivity contribution in [2.45, 2.75) is 32.4 Å². The first-order chi connectivity index (χ1) is 9.11. The van der Waals surface area contributed by atoms with Crippen LogP contribution in [-0.4, -0.2) is 31.2 Å². The van der Waals surface area contributed by atoms with Gasteiger partial charge in [0, 0.05) is 36.4 Å². The van der Waals surface area contributed by atoms with Crippen LogP contribution in [0.25, 0.3) is 0 Å². The first-order valence-corrected chi connectivity index (χ1v) is 7.68. The number of nitrogens with two attached hydrogens (primary N) is 1. The minimum absolute atomic E-state index is 0.609. The van der Waals surface area contributed by atoms with Crippen LogP contribution in [-0.2, 0) is 11.3 Å². The fourth-order valence-electron chi connectivity index (χ4n) is 2.44. The van der Waals surface area contributed by atoms with E-state index in [1.54, 1.807) is 7.11 Å². The summed E-state index contributed by atoms with van der Waals surface area (Å²) in [5, 5.41) is 0. The summed E-state index contributed by atoms with van der Waals surface area (Å²) in [6.45, 7) is 4.96. The van der Waals surface area contributed by atoms with Crippen LogP contribution in [0.3, 0.4) is 0 Å². The molecule has 1 fully saturated rings. The average molecular weight is 327 g/mol. The summed E-state index contributed by atoms with van der Waals surface area (Å²) in [5.41, 5.74) is 8.16. The molecule has 1 unspecified atom stereocenters. The van der Waals surface area contributed by atoms with Crippen molar-refractivity contribution in [1.29, 1.82) is 0 Å². The van der Waals surface area contributed by atoms with Crippen molar-refractivity contribution in [3.05, 3.63) is 28.2 Å². The molecule has 1 aromatic carbocycles. The van der Waals surface area contributed by atoms with Crippen molar-refractivity contribution in [3.8, 4) is 0 Å². The number of halogens is 1. The Morgan fingerprint density at radius 3 is 2.79 bits per heavy atom. The van der Waals surface area contributed by atoms with E-state index in [4.69, 9.17) is 10.5 Å². The van der Waals surface area contributed by atoms with Gasteiger partial charge in [-0.2, -0.15) is 0 Å². The van der Waals surface area contributed by atoms with Crippen LogP contribution in [0.5, 0.6) is 0 Å². The molecule has 0 saturated heterocycles. The van der Waals surface area contributed by atoms with Crippen molar-refractivity contribution in [2.24, 2.45) is 5.92 Å². The van der Waals surface area contributed by atoms with Crippen LogP contribution >= 0.6 is 15.9 Å². The van der Waals surface area contributed by atoms with Crippen molar-refractivity contribution in [1.82, 2.24) is 4.90 Å². The molecular weight excluding hydrogens is 304 g/mol. The van der Waals surface area contributed by atoms with Gasteiger partial charge >= 0.3 is 0 Å². The first kappa shape index (κ1) is 14.8. The highest BCUT2D eigenvalue weighted by Gasteiger charge is 2.31. The number of hydrogen-bond donors (Lipinski definition) is 1. The van der Waals surface area contributed by atoms with Gasteiger partial charge in [0.2, 0.25) is 0 Å². The summed E-state index contributed by atoms with van der Waals surface area (Å²) in [6.07, 6.45) is 2.72. The number of methoxy groups -OCH3 is 1. The fourth-order valence-corrected chi connectivity index (χ4v) is 2.82. The molecule has 1 saturated carbocycles. The lowest BCUT2D eigenvalue weighted by atomic mass is 10.1. The number of ether oxygens (including phenoxy) is 1. The Hall–Kier alpha value is -0.580. The quantitative estimate of drug-likeness (QED) is 0.781. The molecule has 1 aliphatic carbocycles. The highest BCUT2D eigenvalue weighted by Crippen LogP contribution is 2.36. The van der Waals surface area contributed by atoms with Crippen LogP contribution in [0, 0.1) is 5.92 Å². The Balaban J connectivity index is 2.05. The van der Waals surface area contributed by atoms with E-state index < -0.39 is 0 Å². The third-order valence-corrected chi connectivity index (χ3v) is 4.44. The van der Waals surface area contributed by atoms with Gasteiger partial charge in [-0.15, -0.1) is 0 Å². The largest absolute Gasteiger partial charge is 0.398 e. The van der Waals surface area contributed by atoms with Crippen molar-refractivity contribution in [3.63, 3.8) is 0 Å². The molecule has 0 aromatic heterocycles. The molecule has 1 aromatic rings. The van der Waals surface area contributed by atoms with Crippen molar-refractivity contribution in [2.75, 3.05) is 26.0 Å². The Bertz CT molecular complexity index is 421. The molecular formula is C15H23BrN2O. The normalized spacial score (nSPS) is 16.8. The van der Waals surface area contributed by atoms with Gasteiger partial charge in [-0.25, -0.2) is 0 Å². The van der Waals surface area contributed by atoms with Crippen LogP contribution in [0.2, 0.25) is 0 Å². The topological polar surface area (TPSA) is 38.5 Å². The smallest absolute Gasteiger partial charge is 0.0589 e. The maximum atomic E-state index is 6.10. The van der Waals surface area contributed by atoms with Gasteiger partial charge in [-0.05, 0) is 43.4 Å².